The van der Waals surface area contributed by atoms with E-state index in [1.54, 1.807) is 20.8 Å². The maximum Gasteiger partial charge on any atom is 0.416 e. The van der Waals surface area contributed by atoms with Crippen molar-refractivity contribution >= 4 is 23.2 Å². The second-order valence-electron chi connectivity index (χ2n) is 4.56. The lowest BCUT2D eigenvalue weighted by atomic mass is 9.83. The molecule has 0 radical (unpaired) electrons. The van der Waals surface area contributed by atoms with Crippen LogP contribution in [0.4, 0.5) is 13.2 Å². The largest absolute Gasteiger partial charge is 0.416 e. The molecule has 0 N–H and O–H groups in total. The second-order valence-corrected chi connectivity index (χ2v) is 5.37. The normalized spacial score (nSPS) is 13.0. The van der Waals surface area contributed by atoms with Gasteiger partial charge in [-0.05, 0) is 23.1 Å². The third kappa shape index (κ3) is 2.83. The fraction of sp³-hybridized carbons (Fsp3) is 0.455. The zero-order valence-electron chi connectivity index (χ0n) is 9.04. The lowest BCUT2D eigenvalue weighted by Crippen LogP contribution is -2.19. The van der Waals surface area contributed by atoms with E-state index in [9.17, 15) is 13.2 Å². The number of hydrogen-bond donors (Lipinski definition) is 0. The van der Waals surface area contributed by atoms with E-state index >= 15 is 0 Å². The van der Waals surface area contributed by atoms with Gasteiger partial charge in [-0.1, -0.05) is 44.0 Å². The predicted molar refractivity (Wildman–Crippen MR) is 60.2 cm³/mol. The first-order valence-electron chi connectivity index (χ1n) is 4.60. The van der Waals surface area contributed by atoms with Crippen LogP contribution in [0, 0.1) is 0 Å². The Morgan fingerprint density at radius 3 is 1.56 bits per heavy atom. The maximum absolute atomic E-state index is 12.8. The van der Waals surface area contributed by atoms with E-state index in [4.69, 9.17) is 23.2 Å². The van der Waals surface area contributed by atoms with Gasteiger partial charge in [-0.25, -0.2) is 0 Å². The first-order chi connectivity index (χ1) is 7.03. The van der Waals surface area contributed by atoms with Crippen molar-refractivity contribution in [3.05, 3.63) is 33.3 Å². The summed E-state index contributed by atoms with van der Waals surface area (Å²) in [6, 6.07) is 2.16. The molecular weight excluding hydrogens is 260 g/mol. The van der Waals surface area contributed by atoms with Crippen LogP contribution in [-0.4, -0.2) is 0 Å². The van der Waals surface area contributed by atoms with Crippen molar-refractivity contribution in [2.45, 2.75) is 32.4 Å². The number of hydrogen-bond acceptors (Lipinski definition) is 0. The molecule has 0 aromatic heterocycles. The quantitative estimate of drug-likeness (QED) is 0.599. The molecule has 0 heterocycles. The molecule has 0 aliphatic carbocycles. The summed E-state index contributed by atoms with van der Waals surface area (Å²) < 4.78 is 38.4. The molecule has 0 amide bonds. The topological polar surface area (TPSA) is 0 Å². The zero-order chi connectivity index (χ0) is 12.7. The Balaban J connectivity index is 3.53. The van der Waals surface area contributed by atoms with Crippen LogP contribution in [0.25, 0.3) is 0 Å². The minimum Gasteiger partial charge on any atom is -0.166 e. The average Bonchev–Trinajstić information content (AvgIpc) is 2.05. The van der Waals surface area contributed by atoms with Crippen molar-refractivity contribution in [3.63, 3.8) is 0 Å². The van der Waals surface area contributed by atoms with Crippen molar-refractivity contribution in [1.82, 2.24) is 0 Å². The van der Waals surface area contributed by atoms with Crippen LogP contribution in [-0.2, 0) is 11.6 Å². The maximum atomic E-state index is 12.8. The Morgan fingerprint density at radius 2 is 1.25 bits per heavy atom. The van der Waals surface area contributed by atoms with Gasteiger partial charge in [0.05, 0.1) is 15.6 Å². The van der Waals surface area contributed by atoms with Crippen molar-refractivity contribution in [2.24, 2.45) is 0 Å². The zero-order valence-corrected chi connectivity index (χ0v) is 10.6. The van der Waals surface area contributed by atoms with E-state index in [1.807, 2.05) is 0 Å². The standard InChI is InChI=1S/C11H11Cl2F3/c1-10(2,3)6-4-8(12)9(13)5-7(6)11(14,15)16/h4-5H,1-3H3. The molecule has 1 aromatic carbocycles. The minimum absolute atomic E-state index is 0.0815. The molecule has 0 bridgehead atoms. The summed E-state index contributed by atoms with van der Waals surface area (Å²) in [6.45, 7) is 5.09. The summed E-state index contributed by atoms with van der Waals surface area (Å²) in [6.07, 6.45) is -4.42. The molecule has 1 rings (SSSR count). The Bertz CT molecular complexity index is 364. The molecule has 0 atom stereocenters. The smallest absolute Gasteiger partial charge is 0.166 e. The predicted octanol–water partition coefficient (Wildman–Crippen LogP) is 5.31. The van der Waals surface area contributed by atoms with Crippen LogP contribution >= 0.6 is 23.2 Å². The number of benzene rings is 1. The van der Waals surface area contributed by atoms with Gasteiger partial charge >= 0.3 is 6.18 Å². The molecule has 1 aromatic rings. The van der Waals surface area contributed by atoms with E-state index in [2.05, 4.69) is 0 Å². The minimum atomic E-state index is -4.42. The van der Waals surface area contributed by atoms with Crippen LogP contribution in [0.15, 0.2) is 12.1 Å². The van der Waals surface area contributed by atoms with Gasteiger partial charge in [0.15, 0.2) is 0 Å². The molecule has 0 fully saturated rings. The van der Waals surface area contributed by atoms with E-state index in [0.29, 0.717) is 0 Å². The van der Waals surface area contributed by atoms with Crippen molar-refractivity contribution in [2.75, 3.05) is 0 Å². The second kappa shape index (κ2) is 4.11. The lowest BCUT2D eigenvalue weighted by Gasteiger charge is -2.24. The monoisotopic (exact) mass is 270 g/mol. The van der Waals surface area contributed by atoms with E-state index in [-0.39, 0.29) is 15.6 Å². The van der Waals surface area contributed by atoms with Gasteiger partial charge in [-0.2, -0.15) is 13.2 Å². The number of alkyl halides is 3. The Morgan fingerprint density at radius 1 is 0.875 bits per heavy atom. The van der Waals surface area contributed by atoms with Gasteiger partial charge in [-0.15, -0.1) is 0 Å². The Hall–Kier alpha value is -0.410. The van der Waals surface area contributed by atoms with Gasteiger partial charge in [0.1, 0.15) is 0 Å². The highest BCUT2D eigenvalue weighted by Crippen LogP contribution is 2.41. The molecule has 0 saturated carbocycles. The summed E-state index contributed by atoms with van der Waals surface area (Å²) in [7, 11) is 0. The first-order valence-corrected chi connectivity index (χ1v) is 5.36. The molecule has 0 aliphatic rings. The van der Waals surface area contributed by atoms with E-state index in [1.165, 1.54) is 6.07 Å². The van der Waals surface area contributed by atoms with Crippen LogP contribution in [0.5, 0.6) is 0 Å². The first kappa shape index (κ1) is 13.7. The molecular formula is C11H11Cl2F3. The van der Waals surface area contributed by atoms with Gasteiger partial charge in [0.25, 0.3) is 0 Å². The van der Waals surface area contributed by atoms with Gasteiger partial charge in [-0.3, -0.25) is 0 Å². The van der Waals surface area contributed by atoms with Crippen molar-refractivity contribution in [1.29, 1.82) is 0 Å². The summed E-state index contributed by atoms with van der Waals surface area (Å²) in [5, 5.41) is 0.0570. The number of halogens is 5. The highest BCUT2D eigenvalue weighted by atomic mass is 35.5. The average molecular weight is 271 g/mol. The molecule has 0 saturated heterocycles. The highest BCUT2D eigenvalue weighted by Gasteiger charge is 2.37. The molecule has 0 unspecified atom stereocenters. The Labute approximate surface area is 102 Å². The third-order valence-corrected chi connectivity index (χ3v) is 2.90. The molecule has 0 aliphatic heterocycles. The third-order valence-electron chi connectivity index (χ3n) is 2.17. The van der Waals surface area contributed by atoms with Crippen LogP contribution in [0.2, 0.25) is 10.0 Å². The number of rotatable bonds is 0. The molecule has 90 valence electrons. The molecule has 16 heavy (non-hydrogen) atoms. The van der Waals surface area contributed by atoms with Crippen molar-refractivity contribution < 1.29 is 13.2 Å². The SMILES string of the molecule is CC(C)(C)c1cc(Cl)c(Cl)cc1C(F)(F)F. The fourth-order valence-electron chi connectivity index (χ4n) is 1.40. The van der Waals surface area contributed by atoms with Gasteiger partial charge in [0.2, 0.25) is 0 Å². The summed E-state index contributed by atoms with van der Waals surface area (Å²) in [4.78, 5) is 0. The summed E-state index contributed by atoms with van der Waals surface area (Å²) >= 11 is 11.4. The van der Waals surface area contributed by atoms with Crippen LogP contribution < -0.4 is 0 Å². The van der Waals surface area contributed by atoms with Crippen LogP contribution in [0.1, 0.15) is 31.9 Å². The fourth-order valence-corrected chi connectivity index (χ4v) is 1.73. The summed E-state index contributed by atoms with van der Waals surface area (Å²) in [5.41, 5.74) is -1.22. The summed E-state index contributed by atoms with van der Waals surface area (Å²) in [5.74, 6) is 0. The Kier molecular flexibility index (Phi) is 3.51. The molecule has 0 nitrogen and oxygen atoms in total. The van der Waals surface area contributed by atoms with E-state index in [0.717, 1.165) is 6.07 Å². The van der Waals surface area contributed by atoms with Gasteiger partial charge < -0.3 is 0 Å². The van der Waals surface area contributed by atoms with Gasteiger partial charge in [0, 0.05) is 0 Å². The molecule has 0 spiro atoms. The van der Waals surface area contributed by atoms with Crippen molar-refractivity contribution in [3.8, 4) is 0 Å². The molecule has 5 heteroatoms. The van der Waals surface area contributed by atoms with Crippen LogP contribution in [0.3, 0.4) is 0 Å². The highest BCUT2D eigenvalue weighted by molar-refractivity contribution is 6.42. The lowest BCUT2D eigenvalue weighted by molar-refractivity contribution is -0.138. The van der Waals surface area contributed by atoms with E-state index < -0.39 is 17.2 Å².